The molecule has 0 atom stereocenters. The Balaban J connectivity index is 1.80. The van der Waals surface area contributed by atoms with Gasteiger partial charge in [0.25, 0.3) is 0 Å². The van der Waals surface area contributed by atoms with Crippen molar-refractivity contribution in [3.05, 3.63) is 48.1 Å². The fourth-order valence-electron chi connectivity index (χ4n) is 2.03. The van der Waals surface area contributed by atoms with Crippen molar-refractivity contribution in [2.75, 3.05) is 5.32 Å². The number of rotatable bonds is 3. The van der Waals surface area contributed by atoms with E-state index in [1.807, 2.05) is 44.4 Å². The molecule has 0 radical (unpaired) electrons. The van der Waals surface area contributed by atoms with E-state index in [9.17, 15) is 0 Å². The second-order valence-corrected chi connectivity index (χ2v) is 4.38. The van der Waals surface area contributed by atoms with Gasteiger partial charge in [-0.3, -0.25) is 0 Å². The van der Waals surface area contributed by atoms with Gasteiger partial charge in [-0.25, -0.2) is 4.98 Å². The van der Waals surface area contributed by atoms with E-state index in [0.717, 1.165) is 23.3 Å². The lowest BCUT2D eigenvalue weighted by atomic mass is 10.3. The monoisotopic (exact) mass is 241 g/mol. The quantitative estimate of drug-likeness (QED) is 0.766. The number of fused-ring (bicyclic) bond motifs is 1. The molecule has 0 aliphatic rings. The van der Waals surface area contributed by atoms with Crippen molar-refractivity contribution >= 4 is 16.8 Å². The molecule has 2 aromatic heterocycles. The van der Waals surface area contributed by atoms with E-state index in [0.29, 0.717) is 5.89 Å². The summed E-state index contributed by atoms with van der Waals surface area (Å²) in [4.78, 5) is 4.32. The van der Waals surface area contributed by atoms with Gasteiger partial charge >= 0.3 is 0 Å². The molecular weight excluding hydrogens is 226 g/mol. The van der Waals surface area contributed by atoms with E-state index in [2.05, 4.69) is 20.9 Å². The zero-order chi connectivity index (χ0) is 12.5. The molecule has 4 heteroatoms. The zero-order valence-corrected chi connectivity index (χ0v) is 10.5. The van der Waals surface area contributed by atoms with Crippen molar-refractivity contribution in [2.45, 2.75) is 13.5 Å². The SMILES string of the molecule is Cc1nc2cc(NCc3cccn3C)ccc2o1. The average Bonchev–Trinajstić information content (AvgIpc) is 2.90. The lowest BCUT2D eigenvalue weighted by molar-refractivity contribution is 0.561. The lowest BCUT2D eigenvalue weighted by Gasteiger charge is -2.07. The number of aromatic nitrogens is 2. The van der Waals surface area contributed by atoms with Crippen LogP contribution in [0.5, 0.6) is 0 Å². The fraction of sp³-hybridized carbons (Fsp3) is 0.214. The second kappa shape index (κ2) is 4.22. The molecule has 92 valence electrons. The molecule has 0 spiro atoms. The molecular formula is C14H15N3O. The van der Waals surface area contributed by atoms with Gasteiger partial charge in [-0.05, 0) is 30.3 Å². The van der Waals surface area contributed by atoms with Gasteiger partial charge in [-0.2, -0.15) is 0 Å². The van der Waals surface area contributed by atoms with Crippen molar-refractivity contribution in [3.63, 3.8) is 0 Å². The maximum Gasteiger partial charge on any atom is 0.192 e. The Morgan fingerprint density at radius 3 is 3.00 bits per heavy atom. The Kier molecular flexibility index (Phi) is 2.55. The lowest BCUT2D eigenvalue weighted by Crippen LogP contribution is -2.03. The third-order valence-corrected chi connectivity index (χ3v) is 3.02. The number of aryl methyl sites for hydroxylation is 2. The van der Waals surface area contributed by atoms with Crippen molar-refractivity contribution in [1.82, 2.24) is 9.55 Å². The van der Waals surface area contributed by atoms with Crippen LogP contribution >= 0.6 is 0 Å². The van der Waals surface area contributed by atoms with Crippen LogP contribution in [0.4, 0.5) is 5.69 Å². The van der Waals surface area contributed by atoms with Gasteiger partial charge in [0.05, 0.1) is 6.54 Å². The minimum atomic E-state index is 0.699. The highest BCUT2D eigenvalue weighted by molar-refractivity contribution is 5.77. The summed E-state index contributed by atoms with van der Waals surface area (Å²) in [7, 11) is 2.04. The Labute approximate surface area is 105 Å². The summed E-state index contributed by atoms with van der Waals surface area (Å²) in [6.45, 7) is 2.66. The van der Waals surface area contributed by atoms with Crippen LogP contribution in [0.2, 0.25) is 0 Å². The molecule has 0 fully saturated rings. The van der Waals surface area contributed by atoms with Crippen molar-refractivity contribution in [3.8, 4) is 0 Å². The van der Waals surface area contributed by atoms with E-state index in [1.54, 1.807) is 0 Å². The number of oxazole rings is 1. The van der Waals surface area contributed by atoms with Gasteiger partial charge in [0.15, 0.2) is 11.5 Å². The van der Waals surface area contributed by atoms with Crippen LogP contribution in [-0.2, 0) is 13.6 Å². The molecule has 0 aliphatic heterocycles. The zero-order valence-electron chi connectivity index (χ0n) is 10.5. The Morgan fingerprint density at radius 2 is 2.22 bits per heavy atom. The topological polar surface area (TPSA) is 43.0 Å². The number of hydrogen-bond acceptors (Lipinski definition) is 3. The molecule has 0 saturated carbocycles. The predicted octanol–water partition coefficient (Wildman–Crippen LogP) is 3.09. The van der Waals surface area contributed by atoms with Gasteiger partial charge in [-0.1, -0.05) is 0 Å². The standard InChI is InChI=1S/C14H15N3O/c1-10-16-13-8-11(5-6-14(13)18-10)15-9-12-4-3-7-17(12)2/h3-8,15H,9H2,1-2H3. The summed E-state index contributed by atoms with van der Waals surface area (Å²) in [5.41, 5.74) is 4.02. The highest BCUT2D eigenvalue weighted by atomic mass is 16.3. The Morgan fingerprint density at radius 1 is 1.33 bits per heavy atom. The average molecular weight is 241 g/mol. The summed E-state index contributed by atoms with van der Waals surface area (Å²) in [6, 6.07) is 10.1. The molecule has 0 bridgehead atoms. The third-order valence-electron chi connectivity index (χ3n) is 3.02. The molecule has 0 aliphatic carbocycles. The van der Waals surface area contributed by atoms with Gasteiger partial charge < -0.3 is 14.3 Å². The van der Waals surface area contributed by atoms with Crippen LogP contribution in [-0.4, -0.2) is 9.55 Å². The van der Waals surface area contributed by atoms with Crippen molar-refractivity contribution in [1.29, 1.82) is 0 Å². The Hall–Kier alpha value is -2.23. The smallest absolute Gasteiger partial charge is 0.192 e. The molecule has 1 N–H and O–H groups in total. The van der Waals surface area contributed by atoms with Crippen LogP contribution < -0.4 is 5.32 Å². The second-order valence-electron chi connectivity index (χ2n) is 4.38. The van der Waals surface area contributed by atoms with Crippen molar-refractivity contribution < 1.29 is 4.42 Å². The number of nitrogens with zero attached hydrogens (tertiary/aromatic N) is 2. The van der Waals surface area contributed by atoms with Gasteiger partial charge in [0, 0.05) is 31.5 Å². The number of benzene rings is 1. The minimum absolute atomic E-state index is 0.699. The molecule has 3 aromatic rings. The normalized spacial score (nSPS) is 11.0. The van der Waals surface area contributed by atoms with E-state index >= 15 is 0 Å². The molecule has 0 unspecified atom stereocenters. The molecule has 1 aromatic carbocycles. The van der Waals surface area contributed by atoms with Crippen LogP contribution in [0.3, 0.4) is 0 Å². The molecule has 2 heterocycles. The number of nitrogens with one attached hydrogen (secondary N) is 1. The van der Waals surface area contributed by atoms with Crippen molar-refractivity contribution in [2.24, 2.45) is 7.05 Å². The van der Waals surface area contributed by atoms with Crippen LogP contribution in [0.15, 0.2) is 40.9 Å². The van der Waals surface area contributed by atoms with Gasteiger partial charge in [0.2, 0.25) is 0 Å². The summed E-state index contributed by atoms with van der Waals surface area (Å²) >= 11 is 0. The Bertz CT molecular complexity index is 681. The van der Waals surface area contributed by atoms with Crippen LogP contribution in [0.1, 0.15) is 11.6 Å². The molecule has 0 amide bonds. The van der Waals surface area contributed by atoms with E-state index in [4.69, 9.17) is 4.42 Å². The van der Waals surface area contributed by atoms with Gasteiger partial charge in [0.1, 0.15) is 5.52 Å². The fourth-order valence-corrected chi connectivity index (χ4v) is 2.03. The highest BCUT2D eigenvalue weighted by Crippen LogP contribution is 2.20. The molecule has 4 nitrogen and oxygen atoms in total. The summed E-state index contributed by atoms with van der Waals surface area (Å²) in [5.74, 6) is 0.699. The maximum absolute atomic E-state index is 5.45. The van der Waals surface area contributed by atoms with Crippen LogP contribution in [0, 0.1) is 6.92 Å². The first-order valence-electron chi connectivity index (χ1n) is 5.93. The molecule has 0 saturated heterocycles. The third kappa shape index (κ3) is 1.97. The number of hydrogen-bond donors (Lipinski definition) is 1. The minimum Gasteiger partial charge on any atom is -0.441 e. The summed E-state index contributed by atoms with van der Waals surface area (Å²) in [5, 5.41) is 3.39. The van der Waals surface area contributed by atoms with E-state index < -0.39 is 0 Å². The summed E-state index contributed by atoms with van der Waals surface area (Å²) in [6.07, 6.45) is 2.04. The van der Waals surface area contributed by atoms with Gasteiger partial charge in [-0.15, -0.1) is 0 Å². The van der Waals surface area contributed by atoms with E-state index in [1.165, 1.54) is 5.69 Å². The first kappa shape index (κ1) is 10.9. The number of anilines is 1. The van der Waals surface area contributed by atoms with Crippen LogP contribution in [0.25, 0.3) is 11.1 Å². The van der Waals surface area contributed by atoms with E-state index in [-0.39, 0.29) is 0 Å². The first-order valence-corrected chi connectivity index (χ1v) is 5.93. The largest absolute Gasteiger partial charge is 0.441 e. The molecule has 18 heavy (non-hydrogen) atoms. The summed E-state index contributed by atoms with van der Waals surface area (Å²) < 4.78 is 7.55. The molecule has 3 rings (SSSR count). The predicted molar refractivity (Wildman–Crippen MR) is 71.5 cm³/mol. The highest BCUT2D eigenvalue weighted by Gasteiger charge is 2.03. The first-order chi connectivity index (χ1) is 8.72. The maximum atomic E-state index is 5.45.